The van der Waals surface area contributed by atoms with Gasteiger partial charge in [0.05, 0.1) is 0 Å². The van der Waals surface area contributed by atoms with Crippen molar-refractivity contribution in [1.82, 2.24) is 4.90 Å². The Morgan fingerprint density at radius 3 is 2.25 bits per heavy atom. The summed E-state index contributed by atoms with van der Waals surface area (Å²) in [5.74, 6) is 0.0316. The van der Waals surface area contributed by atoms with E-state index in [1.54, 1.807) is 11.9 Å². The number of hydrogen-bond donors (Lipinski definition) is 1. The van der Waals surface area contributed by atoms with Gasteiger partial charge in [-0.15, -0.1) is 0 Å². The van der Waals surface area contributed by atoms with Crippen LogP contribution in [0.1, 0.15) is 28.4 Å². The lowest BCUT2D eigenvalue weighted by Gasteiger charge is -2.19. The van der Waals surface area contributed by atoms with Crippen molar-refractivity contribution in [2.75, 3.05) is 13.6 Å². The van der Waals surface area contributed by atoms with Gasteiger partial charge in [-0.25, -0.2) is 0 Å². The molecule has 0 saturated carbocycles. The van der Waals surface area contributed by atoms with Crippen LogP contribution in [0, 0.1) is 13.8 Å². The monoisotopic (exact) mass is 220 g/mol. The third-order valence-corrected chi connectivity index (χ3v) is 2.38. The van der Waals surface area contributed by atoms with Gasteiger partial charge in [0.2, 0.25) is 0 Å². The highest BCUT2D eigenvalue weighted by Crippen LogP contribution is 2.10. The van der Waals surface area contributed by atoms with Crippen LogP contribution in [-0.4, -0.2) is 30.4 Å². The number of rotatable bonds is 3. The summed E-state index contributed by atoms with van der Waals surface area (Å²) in [6.07, 6.45) is 0. The van der Waals surface area contributed by atoms with E-state index in [0.29, 0.717) is 6.54 Å². The van der Waals surface area contributed by atoms with E-state index in [1.807, 2.05) is 32.9 Å². The summed E-state index contributed by atoms with van der Waals surface area (Å²) >= 11 is 0. The zero-order valence-corrected chi connectivity index (χ0v) is 10.4. The molecule has 1 aromatic carbocycles. The number of hydrogen-bond acceptors (Lipinski definition) is 2. The van der Waals surface area contributed by atoms with Crippen LogP contribution in [-0.2, 0) is 0 Å². The van der Waals surface area contributed by atoms with E-state index in [0.717, 1.165) is 16.7 Å². The second kappa shape index (κ2) is 5.12. The van der Waals surface area contributed by atoms with Crippen molar-refractivity contribution in [1.29, 1.82) is 0 Å². The summed E-state index contributed by atoms with van der Waals surface area (Å²) in [6, 6.07) is 5.88. The normalized spacial score (nSPS) is 12.3. The van der Waals surface area contributed by atoms with Crippen molar-refractivity contribution >= 4 is 5.91 Å². The summed E-state index contributed by atoms with van der Waals surface area (Å²) in [7, 11) is 1.78. The number of benzene rings is 1. The predicted octanol–water partition coefficient (Wildman–Crippen LogP) is 1.72. The van der Waals surface area contributed by atoms with E-state index in [1.165, 1.54) is 0 Å². The summed E-state index contributed by atoms with van der Waals surface area (Å²) < 4.78 is 0. The Labute approximate surface area is 97.2 Å². The minimum Gasteiger partial charge on any atom is -0.340 e. The number of carbonyl (C=O) groups is 1. The number of amides is 1. The molecule has 0 spiro atoms. The highest BCUT2D eigenvalue weighted by molar-refractivity contribution is 5.94. The quantitative estimate of drug-likeness (QED) is 0.843. The van der Waals surface area contributed by atoms with Crippen molar-refractivity contribution in [2.24, 2.45) is 5.73 Å². The van der Waals surface area contributed by atoms with Gasteiger partial charge in [-0.2, -0.15) is 0 Å². The summed E-state index contributed by atoms with van der Waals surface area (Å²) in [5.41, 5.74) is 8.63. The minimum absolute atomic E-state index is 0.000133. The summed E-state index contributed by atoms with van der Waals surface area (Å²) in [4.78, 5) is 13.7. The third-order valence-electron chi connectivity index (χ3n) is 2.38. The molecule has 0 fully saturated rings. The van der Waals surface area contributed by atoms with Crippen LogP contribution in [0.15, 0.2) is 18.2 Å². The molecule has 16 heavy (non-hydrogen) atoms. The molecule has 0 saturated heterocycles. The zero-order valence-electron chi connectivity index (χ0n) is 10.4. The molecule has 0 heterocycles. The van der Waals surface area contributed by atoms with E-state index in [2.05, 4.69) is 6.07 Å². The van der Waals surface area contributed by atoms with Crippen LogP contribution in [0.25, 0.3) is 0 Å². The van der Waals surface area contributed by atoms with Crippen molar-refractivity contribution < 1.29 is 4.79 Å². The average Bonchev–Trinajstić information content (AvgIpc) is 2.13. The Balaban J connectivity index is 2.87. The molecule has 0 aliphatic rings. The second-order valence-corrected chi connectivity index (χ2v) is 4.54. The smallest absolute Gasteiger partial charge is 0.253 e. The Morgan fingerprint density at radius 1 is 1.31 bits per heavy atom. The van der Waals surface area contributed by atoms with Gasteiger partial charge in [-0.3, -0.25) is 4.79 Å². The number of nitrogens with zero attached hydrogens (tertiary/aromatic N) is 1. The van der Waals surface area contributed by atoms with Crippen LogP contribution in [0.2, 0.25) is 0 Å². The van der Waals surface area contributed by atoms with Crippen LogP contribution < -0.4 is 5.73 Å². The molecule has 1 atom stereocenters. The molecule has 1 amide bonds. The lowest BCUT2D eigenvalue weighted by Crippen LogP contribution is -2.37. The fourth-order valence-electron chi connectivity index (χ4n) is 1.83. The zero-order chi connectivity index (χ0) is 12.3. The van der Waals surface area contributed by atoms with Crippen LogP contribution in [0.4, 0.5) is 0 Å². The molecule has 0 aliphatic heterocycles. The molecule has 0 bridgehead atoms. The molecule has 0 radical (unpaired) electrons. The number of likely N-dealkylation sites (N-methyl/N-ethyl adjacent to an activating group) is 1. The standard InChI is InChI=1S/C13H20N2O/c1-9-5-10(2)7-12(6-9)13(16)15(4)8-11(3)14/h5-7,11H,8,14H2,1-4H3. The highest BCUT2D eigenvalue weighted by Gasteiger charge is 2.13. The van der Waals surface area contributed by atoms with Gasteiger partial charge in [-0.05, 0) is 32.9 Å². The first kappa shape index (κ1) is 12.7. The Morgan fingerprint density at radius 2 is 1.81 bits per heavy atom. The molecule has 0 aromatic heterocycles. The highest BCUT2D eigenvalue weighted by atomic mass is 16.2. The van der Waals surface area contributed by atoms with E-state index < -0.39 is 0 Å². The van der Waals surface area contributed by atoms with Gasteiger partial charge in [0, 0.05) is 25.2 Å². The maximum Gasteiger partial charge on any atom is 0.253 e. The lowest BCUT2D eigenvalue weighted by atomic mass is 10.1. The average molecular weight is 220 g/mol. The maximum atomic E-state index is 12.1. The number of aryl methyl sites for hydroxylation is 2. The summed E-state index contributed by atoms with van der Waals surface area (Å²) in [6.45, 7) is 6.46. The molecular formula is C13H20N2O. The minimum atomic E-state index is -0.000133. The molecule has 0 aliphatic carbocycles. The van der Waals surface area contributed by atoms with Gasteiger partial charge in [-0.1, -0.05) is 17.2 Å². The predicted molar refractivity (Wildman–Crippen MR) is 66.5 cm³/mol. The fraction of sp³-hybridized carbons (Fsp3) is 0.462. The van der Waals surface area contributed by atoms with Crippen molar-refractivity contribution in [2.45, 2.75) is 26.8 Å². The first-order chi connectivity index (χ1) is 7.40. The second-order valence-electron chi connectivity index (χ2n) is 4.54. The molecule has 1 rings (SSSR count). The maximum absolute atomic E-state index is 12.1. The van der Waals surface area contributed by atoms with Crippen LogP contribution >= 0.6 is 0 Å². The van der Waals surface area contributed by atoms with Gasteiger partial charge in [0.1, 0.15) is 0 Å². The van der Waals surface area contributed by atoms with Crippen molar-refractivity contribution in [3.8, 4) is 0 Å². The van der Waals surface area contributed by atoms with Crippen LogP contribution in [0.3, 0.4) is 0 Å². The first-order valence-corrected chi connectivity index (χ1v) is 5.49. The number of nitrogens with two attached hydrogens (primary N) is 1. The van der Waals surface area contributed by atoms with E-state index >= 15 is 0 Å². The van der Waals surface area contributed by atoms with E-state index in [4.69, 9.17) is 5.73 Å². The Bertz CT molecular complexity index is 365. The van der Waals surface area contributed by atoms with E-state index in [-0.39, 0.29) is 11.9 Å². The van der Waals surface area contributed by atoms with Crippen LogP contribution in [0.5, 0.6) is 0 Å². The van der Waals surface area contributed by atoms with E-state index in [9.17, 15) is 4.79 Å². The SMILES string of the molecule is Cc1cc(C)cc(C(=O)N(C)CC(C)N)c1. The van der Waals surface area contributed by atoms with Gasteiger partial charge < -0.3 is 10.6 Å². The lowest BCUT2D eigenvalue weighted by molar-refractivity contribution is 0.0788. The van der Waals surface area contributed by atoms with Crippen molar-refractivity contribution in [3.05, 3.63) is 34.9 Å². The van der Waals surface area contributed by atoms with Gasteiger partial charge in [0.15, 0.2) is 0 Å². The van der Waals surface area contributed by atoms with Gasteiger partial charge in [0.25, 0.3) is 5.91 Å². The Kier molecular flexibility index (Phi) is 4.07. The molecule has 1 aromatic rings. The first-order valence-electron chi connectivity index (χ1n) is 5.49. The molecule has 2 N–H and O–H groups in total. The van der Waals surface area contributed by atoms with Gasteiger partial charge >= 0.3 is 0 Å². The number of carbonyl (C=O) groups excluding carboxylic acids is 1. The Hall–Kier alpha value is -1.35. The largest absolute Gasteiger partial charge is 0.340 e. The molecule has 3 heteroatoms. The fourth-order valence-corrected chi connectivity index (χ4v) is 1.83. The molecule has 1 unspecified atom stereocenters. The molecule has 88 valence electrons. The topological polar surface area (TPSA) is 46.3 Å². The summed E-state index contributed by atoms with van der Waals surface area (Å²) in [5, 5.41) is 0. The third kappa shape index (κ3) is 3.35. The molecular weight excluding hydrogens is 200 g/mol. The molecule has 3 nitrogen and oxygen atoms in total. The van der Waals surface area contributed by atoms with Crippen molar-refractivity contribution in [3.63, 3.8) is 0 Å².